The van der Waals surface area contributed by atoms with Gasteiger partial charge in [-0.25, -0.2) is 0 Å². The Bertz CT molecular complexity index is 365. The number of carbonyl (C=O) groups excluding carboxylic acids is 1. The molecule has 0 aliphatic heterocycles. The fraction of sp³-hybridized carbons (Fsp3) is 0.333. The molecular formula is C12H16N2OS. The van der Waals surface area contributed by atoms with Gasteiger partial charge in [-0.3, -0.25) is 4.79 Å². The first-order valence-corrected chi connectivity index (χ1v) is 5.56. The summed E-state index contributed by atoms with van der Waals surface area (Å²) >= 11 is 4.74. The monoisotopic (exact) mass is 236 g/mol. The highest BCUT2D eigenvalue weighted by atomic mass is 32.1. The molecule has 2 N–H and O–H groups in total. The highest BCUT2D eigenvalue weighted by molar-refractivity contribution is 7.80. The van der Waals surface area contributed by atoms with Crippen LogP contribution in [0.2, 0.25) is 0 Å². The van der Waals surface area contributed by atoms with Crippen molar-refractivity contribution in [2.75, 3.05) is 7.05 Å². The van der Waals surface area contributed by atoms with Gasteiger partial charge in [-0.1, -0.05) is 42.5 Å². The maximum Gasteiger partial charge on any atom is 0.223 e. The summed E-state index contributed by atoms with van der Waals surface area (Å²) in [6.07, 6.45) is 0.867. The highest BCUT2D eigenvalue weighted by Crippen LogP contribution is 2.04. The summed E-state index contributed by atoms with van der Waals surface area (Å²) in [5, 5.41) is 0. The number of hydrogen-bond donors (Lipinski definition) is 1. The number of nitrogens with two attached hydrogens (primary N) is 1. The van der Waals surface area contributed by atoms with Crippen LogP contribution >= 0.6 is 12.2 Å². The average Bonchev–Trinajstić information content (AvgIpc) is 2.27. The zero-order chi connectivity index (χ0) is 12.0. The van der Waals surface area contributed by atoms with Crippen molar-refractivity contribution in [3.05, 3.63) is 35.9 Å². The molecule has 1 aromatic rings. The van der Waals surface area contributed by atoms with Crippen LogP contribution in [0.25, 0.3) is 0 Å². The highest BCUT2D eigenvalue weighted by Gasteiger charge is 2.08. The average molecular weight is 236 g/mol. The second-order valence-electron chi connectivity index (χ2n) is 3.70. The van der Waals surface area contributed by atoms with Gasteiger partial charge in [0.2, 0.25) is 5.91 Å². The molecule has 0 aliphatic rings. The number of rotatable bonds is 5. The Morgan fingerprint density at radius 2 is 1.94 bits per heavy atom. The zero-order valence-electron chi connectivity index (χ0n) is 9.35. The largest absolute Gasteiger partial charge is 0.393 e. The fourth-order valence-corrected chi connectivity index (χ4v) is 1.47. The maximum atomic E-state index is 11.7. The molecule has 1 amide bonds. The van der Waals surface area contributed by atoms with Crippen molar-refractivity contribution in [2.45, 2.75) is 19.4 Å². The van der Waals surface area contributed by atoms with Crippen molar-refractivity contribution in [1.82, 2.24) is 4.90 Å². The van der Waals surface area contributed by atoms with E-state index in [0.717, 1.165) is 5.56 Å². The Kier molecular flexibility index (Phi) is 4.92. The van der Waals surface area contributed by atoms with E-state index in [1.54, 1.807) is 11.9 Å². The summed E-state index contributed by atoms with van der Waals surface area (Å²) in [5.74, 6) is 0.0663. The molecule has 0 saturated heterocycles. The smallest absolute Gasteiger partial charge is 0.223 e. The number of thiocarbonyl (C=S) groups is 1. The van der Waals surface area contributed by atoms with E-state index in [4.69, 9.17) is 18.0 Å². The zero-order valence-corrected chi connectivity index (χ0v) is 10.2. The van der Waals surface area contributed by atoms with E-state index in [1.807, 2.05) is 30.3 Å². The van der Waals surface area contributed by atoms with Gasteiger partial charge in [0.15, 0.2) is 0 Å². The van der Waals surface area contributed by atoms with Gasteiger partial charge in [-0.05, 0) is 5.56 Å². The van der Waals surface area contributed by atoms with Gasteiger partial charge in [0.05, 0.1) is 4.99 Å². The van der Waals surface area contributed by atoms with Crippen molar-refractivity contribution < 1.29 is 4.79 Å². The van der Waals surface area contributed by atoms with E-state index in [1.165, 1.54) is 0 Å². The van der Waals surface area contributed by atoms with Gasteiger partial charge in [0.25, 0.3) is 0 Å². The normalized spacial score (nSPS) is 9.81. The molecule has 0 fully saturated rings. The first-order valence-electron chi connectivity index (χ1n) is 5.16. The topological polar surface area (TPSA) is 46.3 Å². The Hall–Kier alpha value is -1.42. The molecule has 16 heavy (non-hydrogen) atoms. The van der Waals surface area contributed by atoms with E-state index in [9.17, 15) is 4.79 Å². The van der Waals surface area contributed by atoms with Crippen LogP contribution < -0.4 is 5.73 Å². The summed E-state index contributed by atoms with van der Waals surface area (Å²) in [6.45, 7) is 0.622. The molecule has 3 nitrogen and oxygen atoms in total. The Morgan fingerprint density at radius 1 is 1.31 bits per heavy atom. The van der Waals surface area contributed by atoms with Gasteiger partial charge in [0, 0.05) is 26.4 Å². The van der Waals surface area contributed by atoms with Crippen LogP contribution in [0.4, 0.5) is 0 Å². The van der Waals surface area contributed by atoms with Crippen molar-refractivity contribution in [3.8, 4) is 0 Å². The third kappa shape index (κ3) is 4.40. The minimum absolute atomic E-state index is 0.0663. The first-order chi connectivity index (χ1) is 7.59. The van der Waals surface area contributed by atoms with E-state index in [0.29, 0.717) is 24.4 Å². The lowest BCUT2D eigenvalue weighted by Crippen LogP contribution is -2.27. The number of carbonyl (C=O) groups is 1. The molecule has 0 heterocycles. The van der Waals surface area contributed by atoms with E-state index >= 15 is 0 Å². The van der Waals surface area contributed by atoms with Crippen LogP contribution in [0, 0.1) is 0 Å². The van der Waals surface area contributed by atoms with Crippen molar-refractivity contribution in [2.24, 2.45) is 5.73 Å². The minimum atomic E-state index is 0.0663. The van der Waals surface area contributed by atoms with Gasteiger partial charge >= 0.3 is 0 Å². The Balaban J connectivity index is 2.43. The van der Waals surface area contributed by atoms with Crippen LogP contribution in [-0.4, -0.2) is 22.8 Å². The third-order valence-electron chi connectivity index (χ3n) is 2.27. The lowest BCUT2D eigenvalue weighted by molar-refractivity contribution is -0.130. The van der Waals surface area contributed by atoms with Crippen LogP contribution in [-0.2, 0) is 11.3 Å². The van der Waals surface area contributed by atoms with E-state index in [2.05, 4.69) is 0 Å². The summed E-state index contributed by atoms with van der Waals surface area (Å²) < 4.78 is 0. The number of benzene rings is 1. The van der Waals surface area contributed by atoms with Crippen molar-refractivity contribution >= 4 is 23.1 Å². The van der Waals surface area contributed by atoms with Gasteiger partial charge in [-0.2, -0.15) is 0 Å². The summed E-state index contributed by atoms with van der Waals surface area (Å²) in [7, 11) is 1.79. The van der Waals surface area contributed by atoms with E-state index in [-0.39, 0.29) is 5.91 Å². The third-order valence-corrected chi connectivity index (χ3v) is 2.48. The molecule has 0 aliphatic carbocycles. The summed E-state index contributed by atoms with van der Waals surface area (Å²) in [6, 6.07) is 9.87. The molecule has 0 saturated carbocycles. The van der Waals surface area contributed by atoms with Crippen LogP contribution in [0.15, 0.2) is 30.3 Å². The molecule has 0 bridgehead atoms. The Labute approximate surface area is 101 Å². The lowest BCUT2D eigenvalue weighted by Gasteiger charge is -2.17. The van der Waals surface area contributed by atoms with E-state index < -0.39 is 0 Å². The predicted molar refractivity (Wildman–Crippen MR) is 68.9 cm³/mol. The molecule has 86 valence electrons. The molecule has 0 atom stereocenters. The standard InChI is InChI=1S/C12H16N2OS/c1-14(12(15)8-7-11(13)16)9-10-5-3-2-4-6-10/h2-6H,7-9H2,1H3,(H2,13,16). The molecule has 0 spiro atoms. The first kappa shape index (κ1) is 12.6. The molecule has 0 radical (unpaired) electrons. The second-order valence-corrected chi connectivity index (χ2v) is 4.23. The molecule has 4 heteroatoms. The molecule has 0 aromatic heterocycles. The van der Waals surface area contributed by atoms with Crippen molar-refractivity contribution in [1.29, 1.82) is 0 Å². The predicted octanol–water partition coefficient (Wildman–Crippen LogP) is 1.71. The molecule has 0 unspecified atom stereocenters. The van der Waals surface area contributed by atoms with Crippen LogP contribution in [0.3, 0.4) is 0 Å². The van der Waals surface area contributed by atoms with Gasteiger partial charge < -0.3 is 10.6 Å². The van der Waals surface area contributed by atoms with Crippen LogP contribution in [0.1, 0.15) is 18.4 Å². The van der Waals surface area contributed by atoms with Crippen molar-refractivity contribution in [3.63, 3.8) is 0 Å². The van der Waals surface area contributed by atoms with Crippen LogP contribution in [0.5, 0.6) is 0 Å². The minimum Gasteiger partial charge on any atom is -0.393 e. The fourth-order valence-electron chi connectivity index (χ4n) is 1.37. The summed E-state index contributed by atoms with van der Waals surface area (Å²) in [5.41, 5.74) is 6.47. The Morgan fingerprint density at radius 3 is 2.50 bits per heavy atom. The lowest BCUT2D eigenvalue weighted by atomic mass is 10.2. The number of hydrogen-bond acceptors (Lipinski definition) is 2. The SMILES string of the molecule is CN(Cc1ccccc1)C(=O)CCC(N)=S. The quantitative estimate of drug-likeness (QED) is 0.792. The number of amides is 1. The molecular weight excluding hydrogens is 220 g/mol. The van der Waals surface area contributed by atoms with Gasteiger partial charge in [0.1, 0.15) is 0 Å². The molecule has 1 aromatic carbocycles. The van der Waals surface area contributed by atoms with Gasteiger partial charge in [-0.15, -0.1) is 0 Å². The maximum absolute atomic E-state index is 11.7. The second kappa shape index (κ2) is 6.23. The molecule has 1 rings (SSSR count). The number of nitrogens with zero attached hydrogens (tertiary/aromatic N) is 1. The summed E-state index contributed by atoms with van der Waals surface area (Å²) in [4.78, 5) is 13.7.